The molecule has 1 aliphatic carbocycles. The molecule has 0 aromatic carbocycles. The summed E-state index contributed by atoms with van der Waals surface area (Å²) < 4.78 is 0. The van der Waals surface area contributed by atoms with Crippen LogP contribution in [0, 0.1) is 21.4 Å². The molecular formula is C10H9N3O3. The van der Waals surface area contributed by atoms with E-state index >= 15 is 0 Å². The highest BCUT2D eigenvalue weighted by Crippen LogP contribution is 2.41. The lowest BCUT2D eigenvalue weighted by molar-refractivity contribution is -0.386. The predicted octanol–water partition coefficient (Wildman–Crippen LogP) is 1.42. The van der Waals surface area contributed by atoms with Gasteiger partial charge in [-0.3, -0.25) is 14.9 Å². The van der Waals surface area contributed by atoms with Gasteiger partial charge in [-0.1, -0.05) is 6.42 Å². The number of aromatic nitrogens is 1. The van der Waals surface area contributed by atoms with Crippen molar-refractivity contribution in [2.75, 3.05) is 0 Å². The van der Waals surface area contributed by atoms with Crippen LogP contribution in [-0.2, 0) is 0 Å². The first-order chi connectivity index (χ1) is 7.65. The number of H-pyrrole nitrogens is 1. The Morgan fingerprint density at radius 3 is 2.69 bits per heavy atom. The van der Waals surface area contributed by atoms with Gasteiger partial charge in [0.25, 0.3) is 11.2 Å². The lowest BCUT2D eigenvalue weighted by atomic mass is 9.78. The molecule has 6 nitrogen and oxygen atoms in total. The minimum atomic E-state index is -0.551. The number of nitro groups is 1. The molecule has 1 heterocycles. The molecule has 0 unspecified atom stereocenters. The third kappa shape index (κ3) is 1.46. The number of nitriles is 1. The Morgan fingerprint density at radius 2 is 2.25 bits per heavy atom. The molecule has 1 saturated carbocycles. The molecule has 0 bridgehead atoms. The van der Waals surface area contributed by atoms with Crippen LogP contribution in [0.1, 0.15) is 36.3 Å². The van der Waals surface area contributed by atoms with Gasteiger partial charge in [-0.25, -0.2) is 0 Å². The molecule has 1 aliphatic rings. The van der Waals surface area contributed by atoms with Crippen LogP contribution in [0.4, 0.5) is 5.69 Å². The number of rotatable bonds is 2. The summed E-state index contributed by atoms with van der Waals surface area (Å²) in [5.41, 5.74) is -0.503. The summed E-state index contributed by atoms with van der Waals surface area (Å²) in [4.78, 5) is 23.9. The third-order valence-electron chi connectivity index (χ3n) is 2.93. The SMILES string of the molecule is N#Cc1c(C2CCC2)c([N+](=O)[O-])c[nH]c1=O. The molecule has 0 spiro atoms. The van der Waals surface area contributed by atoms with Gasteiger partial charge in [0, 0.05) is 0 Å². The Bertz CT molecular complexity index is 537. The maximum absolute atomic E-state index is 11.4. The van der Waals surface area contributed by atoms with Crippen molar-refractivity contribution in [1.82, 2.24) is 4.98 Å². The van der Waals surface area contributed by atoms with Gasteiger partial charge in [-0.2, -0.15) is 5.26 Å². The van der Waals surface area contributed by atoms with Gasteiger partial charge in [-0.05, 0) is 18.8 Å². The van der Waals surface area contributed by atoms with Gasteiger partial charge in [-0.15, -0.1) is 0 Å². The highest BCUT2D eigenvalue weighted by molar-refractivity contribution is 5.51. The molecule has 0 atom stereocenters. The summed E-state index contributed by atoms with van der Waals surface area (Å²) >= 11 is 0. The molecule has 1 aromatic rings. The first kappa shape index (κ1) is 10.4. The topological polar surface area (TPSA) is 99.8 Å². The van der Waals surface area contributed by atoms with Crippen LogP contribution in [0.3, 0.4) is 0 Å². The summed E-state index contributed by atoms with van der Waals surface area (Å²) in [6, 6.07) is 1.76. The number of hydrogen-bond donors (Lipinski definition) is 1. The van der Waals surface area contributed by atoms with E-state index in [1.807, 2.05) is 0 Å². The van der Waals surface area contributed by atoms with E-state index in [0.717, 1.165) is 25.5 Å². The van der Waals surface area contributed by atoms with E-state index in [0.29, 0.717) is 5.56 Å². The van der Waals surface area contributed by atoms with E-state index in [2.05, 4.69) is 4.98 Å². The van der Waals surface area contributed by atoms with Crippen LogP contribution in [0.5, 0.6) is 0 Å². The lowest BCUT2D eigenvalue weighted by Gasteiger charge is -2.25. The van der Waals surface area contributed by atoms with Crippen LogP contribution in [-0.4, -0.2) is 9.91 Å². The van der Waals surface area contributed by atoms with Gasteiger partial charge >= 0.3 is 0 Å². The van der Waals surface area contributed by atoms with Gasteiger partial charge in [0.1, 0.15) is 11.6 Å². The molecule has 0 aliphatic heterocycles. The molecule has 0 amide bonds. The quantitative estimate of drug-likeness (QED) is 0.600. The van der Waals surface area contributed by atoms with Crippen LogP contribution >= 0.6 is 0 Å². The zero-order valence-electron chi connectivity index (χ0n) is 8.40. The fourth-order valence-electron chi connectivity index (χ4n) is 1.91. The average molecular weight is 219 g/mol. The van der Waals surface area contributed by atoms with Crippen molar-refractivity contribution in [2.24, 2.45) is 0 Å². The average Bonchev–Trinajstić information content (AvgIpc) is 2.15. The Hall–Kier alpha value is -2.16. The van der Waals surface area contributed by atoms with E-state index < -0.39 is 10.5 Å². The smallest absolute Gasteiger partial charge is 0.290 e. The Morgan fingerprint density at radius 1 is 1.56 bits per heavy atom. The van der Waals surface area contributed by atoms with Crippen LogP contribution in [0.15, 0.2) is 11.0 Å². The van der Waals surface area contributed by atoms with Crippen LogP contribution in [0.2, 0.25) is 0 Å². The molecule has 2 rings (SSSR count). The third-order valence-corrected chi connectivity index (χ3v) is 2.93. The molecular weight excluding hydrogens is 210 g/mol. The molecule has 0 saturated heterocycles. The second kappa shape index (κ2) is 3.77. The lowest BCUT2D eigenvalue weighted by Crippen LogP contribution is -2.20. The first-order valence-corrected chi connectivity index (χ1v) is 4.95. The molecule has 6 heteroatoms. The van der Waals surface area contributed by atoms with E-state index in [9.17, 15) is 14.9 Å². The normalized spacial score (nSPS) is 15.2. The summed E-state index contributed by atoms with van der Waals surface area (Å²) in [7, 11) is 0. The Kier molecular flexibility index (Phi) is 2.44. The summed E-state index contributed by atoms with van der Waals surface area (Å²) in [5.74, 6) is -0.0163. The summed E-state index contributed by atoms with van der Waals surface area (Å²) in [6.45, 7) is 0. The fourth-order valence-corrected chi connectivity index (χ4v) is 1.91. The van der Waals surface area contributed by atoms with Crippen molar-refractivity contribution < 1.29 is 4.92 Å². The highest BCUT2D eigenvalue weighted by Gasteiger charge is 2.31. The second-order valence-corrected chi connectivity index (χ2v) is 3.79. The summed E-state index contributed by atoms with van der Waals surface area (Å²) in [6.07, 6.45) is 3.67. The van der Waals surface area contributed by atoms with E-state index in [-0.39, 0.29) is 17.2 Å². The maximum atomic E-state index is 11.4. The number of pyridine rings is 1. The van der Waals surface area contributed by atoms with Crippen molar-refractivity contribution in [3.63, 3.8) is 0 Å². The molecule has 82 valence electrons. The molecule has 1 fully saturated rings. The van der Waals surface area contributed by atoms with Gasteiger partial charge in [0.2, 0.25) is 0 Å². The van der Waals surface area contributed by atoms with E-state index in [4.69, 9.17) is 5.26 Å². The minimum Gasteiger partial charge on any atom is -0.322 e. The summed E-state index contributed by atoms with van der Waals surface area (Å²) in [5, 5.41) is 19.7. The maximum Gasteiger partial charge on any atom is 0.290 e. The largest absolute Gasteiger partial charge is 0.322 e. The van der Waals surface area contributed by atoms with Crippen molar-refractivity contribution in [3.8, 4) is 6.07 Å². The standard InChI is InChI=1S/C10H9N3O3/c11-4-7-9(6-2-1-3-6)8(13(15)16)5-12-10(7)14/h5-6H,1-3H2,(H,12,14). The predicted molar refractivity (Wildman–Crippen MR) is 55.0 cm³/mol. The number of nitrogens with zero attached hydrogens (tertiary/aromatic N) is 2. The van der Waals surface area contributed by atoms with Gasteiger partial charge in [0.15, 0.2) is 0 Å². The van der Waals surface area contributed by atoms with Crippen molar-refractivity contribution >= 4 is 5.69 Å². The van der Waals surface area contributed by atoms with Crippen molar-refractivity contribution in [3.05, 3.63) is 37.8 Å². The second-order valence-electron chi connectivity index (χ2n) is 3.79. The molecule has 1 aromatic heterocycles. The minimum absolute atomic E-state index is 0.0163. The highest BCUT2D eigenvalue weighted by atomic mass is 16.6. The van der Waals surface area contributed by atoms with E-state index in [1.54, 1.807) is 6.07 Å². The Labute approximate surface area is 90.7 Å². The fraction of sp³-hybridized carbons (Fsp3) is 0.400. The molecule has 1 N–H and O–H groups in total. The number of hydrogen-bond acceptors (Lipinski definition) is 4. The molecule has 0 radical (unpaired) electrons. The van der Waals surface area contributed by atoms with Crippen LogP contribution in [0.25, 0.3) is 0 Å². The zero-order chi connectivity index (χ0) is 11.7. The Balaban J connectivity index is 2.68. The number of aromatic amines is 1. The zero-order valence-corrected chi connectivity index (χ0v) is 8.40. The van der Waals surface area contributed by atoms with Crippen LogP contribution < -0.4 is 5.56 Å². The van der Waals surface area contributed by atoms with Crippen molar-refractivity contribution in [1.29, 1.82) is 5.26 Å². The number of nitrogens with one attached hydrogen (secondary N) is 1. The van der Waals surface area contributed by atoms with Gasteiger partial charge in [0.05, 0.1) is 16.7 Å². The van der Waals surface area contributed by atoms with E-state index in [1.165, 1.54) is 0 Å². The van der Waals surface area contributed by atoms with Gasteiger partial charge < -0.3 is 4.98 Å². The van der Waals surface area contributed by atoms with Crippen molar-refractivity contribution in [2.45, 2.75) is 25.2 Å². The molecule has 16 heavy (non-hydrogen) atoms. The first-order valence-electron chi connectivity index (χ1n) is 4.95. The monoisotopic (exact) mass is 219 g/mol.